The van der Waals surface area contributed by atoms with Gasteiger partial charge in [0.2, 0.25) is 15.9 Å². The summed E-state index contributed by atoms with van der Waals surface area (Å²) in [7, 11) is -4.12. The second-order valence-electron chi connectivity index (χ2n) is 6.31. The number of nitrogens with one attached hydrogen (secondary N) is 1. The first kappa shape index (κ1) is 21.8. The first-order chi connectivity index (χ1) is 13.3. The number of non-ortho nitro benzene ring substituents is 1. The Morgan fingerprint density at radius 3 is 2.61 bits per heavy atom. The second kappa shape index (κ2) is 9.60. The van der Waals surface area contributed by atoms with Gasteiger partial charge in [0.05, 0.1) is 22.8 Å². The zero-order chi connectivity index (χ0) is 20.7. The number of sulfonamides is 1. The van der Waals surface area contributed by atoms with E-state index in [2.05, 4.69) is 5.32 Å². The molecule has 1 amide bonds. The molecule has 0 aliphatic carbocycles. The van der Waals surface area contributed by atoms with Crippen molar-refractivity contribution in [3.63, 3.8) is 0 Å². The maximum absolute atomic E-state index is 12.9. The van der Waals surface area contributed by atoms with Crippen molar-refractivity contribution in [1.82, 2.24) is 9.62 Å². The third kappa shape index (κ3) is 5.26. The summed E-state index contributed by atoms with van der Waals surface area (Å²) in [4.78, 5) is 34.2. The number of piperazine rings is 1. The Bertz CT molecular complexity index is 824. The van der Waals surface area contributed by atoms with E-state index in [4.69, 9.17) is 4.74 Å². The minimum Gasteiger partial charge on any atom is -0.466 e. The molecule has 154 valence electrons. The van der Waals surface area contributed by atoms with Gasteiger partial charge in [0, 0.05) is 25.2 Å². The topological polar surface area (TPSA) is 136 Å². The molecular weight excluding hydrogens is 390 g/mol. The van der Waals surface area contributed by atoms with Gasteiger partial charge in [-0.05, 0) is 18.6 Å². The minimum absolute atomic E-state index is 0.0150. The molecule has 0 aromatic heterocycles. The SMILES string of the molecule is CCCCCOC(=O)CC1C(=O)NCCN1S(=O)(=O)c1ccc([N+](=O)[O-])cc1. The lowest BCUT2D eigenvalue weighted by atomic mass is 10.1. The summed E-state index contributed by atoms with van der Waals surface area (Å²) in [6, 6.07) is 3.15. The van der Waals surface area contributed by atoms with Gasteiger partial charge in [0.25, 0.3) is 5.69 Å². The summed E-state index contributed by atoms with van der Waals surface area (Å²) in [5.74, 6) is -1.23. The Kier molecular flexibility index (Phi) is 7.46. The summed E-state index contributed by atoms with van der Waals surface area (Å²) in [6.45, 7) is 2.32. The number of carbonyl (C=O) groups excluding carboxylic acids is 2. The number of amides is 1. The molecule has 2 rings (SSSR count). The molecule has 28 heavy (non-hydrogen) atoms. The van der Waals surface area contributed by atoms with Crippen LogP contribution in [0.1, 0.15) is 32.6 Å². The van der Waals surface area contributed by atoms with Crippen LogP contribution in [0.2, 0.25) is 0 Å². The molecule has 1 N–H and O–H groups in total. The number of nitrogens with zero attached hydrogens (tertiary/aromatic N) is 2. The monoisotopic (exact) mass is 413 g/mol. The van der Waals surface area contributed by atoms with Gasteiger partial charge in [0.15, 0.2) is 0 Å². The van der Waals surface area contributed by atoms with Gasteiger partial charge in [-0.2, -0.15) is 4.31 Å². The number of hydrogen-bond donors (Lipinski definition) is 1. The molecule has 0 radical (unpaired) electrons. The van der Waals surface area contributed by atoms with Crippen LogP contribution in [0.3, 0.4) is 0 Å². The Morgan fingerprint density at radius 2 is 2.00 bits per heavy atom. The van der Waals surface area contributed by atoms with E-state index in [1.807, 2.05) is 6.92 Å². The highest BCUT2D eigenvalue weighted by molar-refractivity contribution is 7.89. The maximum atomic E-state index is 12.9. The van der Waals surface area contributed by atoms with Crippen LogP contribution >= 0.6 is 0 Å². The largest absolute Gasteiger partial charge is 0.466 e. The predicted molar refractivity (Wildman–Crippen MR) is 98.9 cm³/mol. The van der Waals surface area contributed by atoms with Gasteiger partial charge < -0.3 is 10.1 Å². The van der Waals surface area contributed by atoms with E-state index < -0.39 is 39.3 Å². The number of rotatable bonds is 9. The molecule has 1 saturated heterocycles. The lowest BCUT2D eigenvalue weighted by Gasteiger charge is -2.33. The van der Waals surface area contributed by atoms with Gasteiger partial charge in [0.1, 0.15) is 6.04 Å². The first-order valence-corrected chi connectivity index (χ1v) is 10.4. The average molecular weight is 413 g/mol. The predicted octanol–water partition coefficient (Wildman–Crippen LogP) is 1.21. The molecule has 0 spiro atoms. The number of esters is 1. The van der Waals surface area contributed by atoms with E-state index in [0.717, 1.165) is 41.4 Å². The zero-order valence-electron chi connectivity index (χ0n) is 15.5. The lowest BCUT2D eigenvalue weighted by Crippen LogP contribution is -2.57. The standard InChI is InChI=1S/C17H23N3O7S/c1-2-3-4-11-27-16(21)12-15-17(22)18-9-10-19(15)28(25,26)14-7-5-13(6-8-14)20(23)24/h5-8,15H,2-4,9-12H2,1H3,(H,18,22). The van der Waals surface area contributed by atoms with E-state index in [1.54, 1.807) is 0 Å². The molecule has 11 heteroatoms. The third-order valence-electron chi connectivity index (χ3n) is 4.31. The van der Waals surface area contributed by atoms with Crippen LogP contribution in [0.15, 0.2) is 29.2 Å². The number of nitro benzene ring substituents is 1. The van der Waals surface area contributed by atoms with E-state index in [1.165, 1.54) is 0 Å². The van der Waals surface area contributed by atoms with Crippen molar-refractivity contribution < 1.29 is 27.7 Å². The number of benzene rings is 1. The van der Waals surface area contributed by atoms with Crippen LogP contribution < -0.4 is 5.32 Å². The summed E-state index contributed by atoms with van der Waals surface area (Å²) >= 11 is 0. The normalized spacial score (nSPS) is 17.8. The number of unbranched alkanes of at least 4 members (excludes halogenated alkanes) is 2. The number of hydrogen-bond acceptors (Lipinski definition) is 7. The molecule has 1 aliphatic heterocycles. The zero-order valence-corrected chi connectivity index (χ0v) is 16.3. The number of ether oxygens (including phenoxy) is 1. The van der Waals surface area contributed by atoms with Crippen molar-refractivity contribution in [2.24, 2.45) is 0 Å². The first-order valence-electron chi connectivity index (χ1n) is 8.97. The van der Waals surface area contributed by atoms with Gasteiger partial charge >= 0.3 is 5.97 Å². The minimum atomic E-state index is -4.12. The Balaban J connectivity index is 2.16. The van der Waals surface area contributed by atoms with E-state index >= 15 is 0 Å². The smallest absolute Gasteiger partial charge is 0.307 e. The summed E-state index contributed by atoms with van der Waals surface area (Å²) in [5, 5.41) is 13.3. The van der Waals surface area contributed by atoms with Crippen molar-refractivity contribution in [1.29, 1.82) is 0 Å². The summed E-state index contributed by atoms with van der Waals surface area (Å²) in [6.07, 6.45) is 2.16. The number of carbonyl (C=O) groups is 2. The summed E-state index contributed by atoms with van der Waals surface area (Å²) in [5.41, 5.74) is -0.248. The molecule has 1 atom stereocenters. The van der Waals surface area contributed by atoms with Crippen molar-refractivity contribution >= 4 is 27.6 Å². The van der Waals surface area contributed by atoms with Crippen LogP contribution in [0.25, 0.3) is 0 Å². The quantitative estimate of drug-likeness (QED) is 0.278. The fourth-order valence-corrected chi connectivity index (χ4v) is 4.39. The van der Waals surface area contributed by atoms with Gasteiger partial charge in [-0.15, -0.1) is 0 Å². The van der Waals surface area contributed by atoms with Crippen LogP contribution in [-0.2, 0) is 24.3 Å². The number of nitro groups is 1. The van der Waals surface area contributed by atoms with Gasteiger partial charge in [-0.25, -0.2) is 8.42 Å². The molecule has 1 fully saturated rings. The van der Waals surface area contributed by atoms with Gasteiger partial charge in [-0.1, -0.05) is 19.8 Å². The highest BCUT2D eigenvalue weighted by atomic mass is 32.2. The van der Waals surface area contributed by atoms with Crippen molar-refractivity contribution in [3.8, 4) is 0 Å². The van der Waals surface area contributed by atoms with E-state index in [-0.39, 0.29) is 30.3 Å². The molecule has 0 bridgehead atoms. The van der Waals surface area contributed by atoms with Crippen LogP contribution in [0, 0.1) is 10.1 Å². The fourth-order valence-electron chi connectivity index (χ4n) is 2.81. The molecular formula is C17H23N3O7S. The Labute approximate surface area is 163 Å². The molecule has 1 aliphatic rings. The van der Waals surface area contributed by atoms with E-state index in [0.29, 0.717) is 6.42 Å². The van der Waals surface area contributed by atoms with Crippen LogP contribution in [0.4, 0.5) is 5.69 Å². The summed E-state index contributed by atoms with van der Waals surface area (Å²) < 4.78 is 31.9. The Hall–Kier alpha value is -2.53. The molecule has 1 heterocycles. The van der Waals surface area contributed by atoms with Crippen molar-refractivity contribution in [2.45, 2.75) is 43.5 Å². The van der Waals surface area contributed by atoms with Crippen molar-refractivity contribution in [3.05, 3.63) is 34.4 Å². The highest BCUT2D eigenvalue weighted by Gasteiger charge is 2.40. The molecule has 10 nitrogen and oxygen atoms in total. The highest BCUT2D eigenvalue weighted by Crippen LogP contribution is 2.23. The maximum Gasteiger partial charge on any atom is 0.307 e. The second-order valence-corrected chi connectivity index (χ2v) is 8.20. The lowest BCUT2D eigenvalue weighted by molar-refractivity contribution is -0.384. The Morgan fingerprint density at radius 1 is 1.32 bits per heavy atom. The van der Waals surface area contributed by atoms with Crippen LogP contribution in [-0.4, -0.2) is 55.3 Å². The van der Waals surface area contributed by atoms with Gasteiger partial charge in [-0.3, -0.25) is 19.7 Å². The average Bonchev–Trinajstić information content (AvgIpc) is 2.66. The molecule has 0 saturated carbocycles. The third-order valence-corrected chi connectivity index (χ3v) is 6.23. The van der Waals surface area contributed by atoms with E-state index in [9.17, 15) is 28.1 Å². The van der Waals surface area contributed by atoms with Crippen LogP contribution in [0.5, 0.6) is 0 Å². The van der Waals surface area contributed by atoms with Crippen molar-refractivity contribution in [2.75, 3.05) is 19.7 Å². The molecule has 1 unspecified atom stereocenters. The molecule has 1 aromatic carbocycles. The fraction of sp³-hybridized carbons (Fsp3) is 0.529. The molecule has 1 aromatic rings.